The summed E-state index contributed by atoms with van der Waals surface area (Å²) in [6.45, 7) is 1.90. The standard InChI is InChI=1S/C19H23NO5S.H3NO/c1-3-4-11-19(18(21)22,13-15-6-5-12-20-14-15)26(23,24)17-9-7-16(25-2)8-10-17;1-2/h5-10,12,14H,3-4,11,13H2,1-2H3,(H,21,22);2H,1H2. The third kappa shape index (κ3) is 5.06. The van der Waals surface area contributed by atoms with Gasteiger partial charge < -0.3 is 15.1 Å². The number of carbonyl (C=O) groups is 1. The number of ether oxygens (including phenoxy) is 1. The van der Waals surface area contributed by atoms with Gasteiger partial charge in [0.05, 0.1) is 12.0 Å². The Morgan fingerprint density at radius 2 is 1.86 bits per heavy atom. The number of methoxy groups -OCH3 is 1. The van der Waals surface area contributed by atoms with E-state index in [1.165, 1.54) is 37.6 Å². The summed E-state index contributed by atoms with van der Waals surface area (Å²) in [4.78, 5) is 16.2. The molecule has 0 fully saturated rings. The van der Waals surface area contributed by atoms with Gasteiger partial charge in [0.1, 0.15) is 5.75 Å². The van der Waals surface area contributed by atoms with Gasteiger partial charge in [-0.1, -0.05) is 25.8 Å². The van der Waals surface area contributed by atoms with Gasteiger partial charge in [0.15, 0.2) is 14.6 Å². The Kier molecular flexibility index (Phi) is 9.04. The van der Waals surface area contributed by atoms with Gasteiger partial charge in [-0.25, -0.2) is 14.3 Å². The maximum atomic E-state index is 13.4. The van der Waals surface area contributed by atoms with E-state index in [2.05, 4.69) is 10.9 Å². The maximum Gasteiger partial charge on any atom is 0.325 e. The van der Waals surface area contributed by atoms with E-state index in [1.807, 2.05) is 6.92 Å². The van der Waals surface area contributed by atoms with Crippen molar-refractivity contribution < 1.29 is 28.3 Å². The molecule has 2 rings (SSSR count). The molecular weight excluding hydrogens is 384 g/mol. The Balaban J connectivity index is 0.00000190. The lowest BCUT2D eigenvalue weighted by atomic mass is 9.94. The molecule has 0 amide bonds. The minimum absolute atomic E-state index is 0.0271. The average Bonchev–Trinajstić information content (AvgIpc) is 2.73. The Bertz CT molecular complexity index is 840. The van der Waals surface area contributed by atoms with Crippen LogP contribution in [0.3, 0.4) is 0 Å². The van der Waals surface area contributed by atoms with Crippen LogP contribution in [-0.2, 0) is 21.1 Å². The summed E-state index contributed by atoms with van der Waals surface area (Å²) in [6.07, 6.45) is 4.15. The third-order valence-corrected chi connectivity index (χ3v) is 6.87. The van der Waals surface area contributed by atoms with Gasteiger partial charge in [0.2, 0.25) is 0 Å². The van der Waals surface area contributed by atoms with Crippen molar-refractivity contribution in [3.63, 3.8) is 0 Å². The van der Waals surface area contributed by atoms with E-state index in [0.717, 1.165) is 0 Å². The summed E-state index contributed by atoms with van der Waals surface area (Å²) < 4.78 is 29.8. The van der Waals surface area contributed by atoms with Crippen LogP contribution in [0.1, 0.15) is 31.7 Å². The van der Waals surface area contributed by atoms with Crippen molar-refractivity contribution in [1.82, 2.24) is 4.98 Å². The van der Waals surface area contributed by atoms with Crippen LogP contribution < -0.4 is 10.6 Å². The van der Waals surface area contributed by atoms with E-state index in [1.54, 1.807) is 18.3 Å². The number of rotatable bonds is 9. The number of hydrogen-bond acceptors (Lipinski definition) is 7. The highest BCUT2D eigenvalue weighted by atomic mass is 32.2. The molecule has 0 aliphatic carbocycles. The molecule has 0 saturated carbocycles. The molecule has 4 N–H and O–H groups in total. The van der Waals surface area contributed by atoms with Crippen molar-refractivity contribution in [2.75, 3.05) is 7.11 Å². The van der Waals surface area contributed by atoms with Crippen LogP contribution in [-0.4, -0.2) is 41.5 Å². The summed E-state index contributed by atoms with van der Waals surface area (Å²) in [7, 11) is -2.66. The zero-order valence-corrected chi connectivity index (χ0v) is 16.7. The highest BCUT2D eigenvalue weighted by molar-refractivity contribution is 7.93. The van der Waals surface area contributed by atoms with Gasteiger partial charge in [0, 0.05) is 18.8 Å². The summed E-state index contributed by atoms with van der Waals surface area (Å²) in [5.74, 6) is 2.66. The van der Waals surface area contributed by atoms with Crippen molar-refractivity contribution >= 4 is 15.8 Å². The van der Waals surface area contributed by atoms with Crippen molar-refractivity contribution in [1.29, 1.82) is 0 Å². The molecule has 0 saturated heterocycles. The third-order valence-electron chi connectivity index (χ3n) is 4.42. The Morgan fingerprint density at radius 3 is 2.32 bits per heavy atom. The lowest BCUT2D eigenvalue weighted by molar-refractivity contribution is -0.140. The van der Waals surface area contributed by atoms with E-state index in [-0.39, 0.29) is 17.7 Å². The van der Waals surface area contributed by atoms with Crippen LogP contribution in [0.5, 0.6) is 5.75 Å². The van der Waals surface area contributed by atoms with Crippen molar-refractivity contribution in [3.05, 3.63) is 54.4 Å². The monoisotopic (exact) mass is 410 g/mol. The largest absolute Gasteiger partial charge is 0.497 e. The molecule has 1 heterocycles. The van der Waals surface area contributed by atoms with Gasteiger partial charge in [0.25, 0.3) is 0 Å². The zero-order valence-electron chi connectivity index (χ0n) is 15.9. The fourth-order valence-corrected chi connectivity index (χ4v) is 4.84. The molecule has 1 unspecified atom stereocenters. The average molecular weight is 410 g/mol. The van der Waals surface area contributed by atoms with E-state index in [0.29, 0.717) is 24.2 Å². The van der Waals surface area contributed by atoms with E-state index >= 15 is 0 Å². The molecule has 0 radical (unpaired) electrons. The molecule has 1 atom stereocenters. The highest BCUT2D eigenvalue weighted by Crippen LogP contribution is 2.35. The molecular formula is C19H26N2O6S. The van der Waals surface area contributed by atoms with Gasteiger partial charge in [-0.15, -0.1) is 0 Å². The smallest absolute Gasteiger partial charge is 0.325 e. The number of nitrogens with zero attached hydrogens (tertiary/aromatic N) is 1. The number of aromatic nitrogens is 1. The predicted molar refractivity (Wildman–Crippen MR) is 104 cm³/mol. The zero-order chi connectivity index (χ0) is 21.2. The van der Waals surface area contributed by atoms with Gasteiger partial charge in [-0.2, -0.15) is 0 Å². The number of nitrogens with two attached hydrogens (primary N) is 1. The quantitative estimate of drug-likeness (QED) is 0.536. The number of unbranched alkanes of at least 4 members (excludes halogenated alkanes) is 1. The predicted octanol–water partition coefficient (Wildman–Crippen LogP) is 2.45. The number of aliphatic carboxylic acids is 1. The minimum Gasteiger partial charge on any atom is -0.497 e. The number of hydrogen-bond donors (Lipinski definition) is 3. The number of pyridine rings is 1. The second kappa shape index (κ2) is 10.7. The molecule has 28 heavy (non-hydrogen) atoms. The maximum absolute atomic E-state index is 13.4. The Hall–Kier alpha value is -2.49. The molecule has 0 aliphatic heterocycles. The SMILES string of the molecule is CCCCC(Cc1cccnc1)(C(=O)O)S(=O)(=O)c1ccc(OC)cc1.NO. The summed E-state index contributed by atoms with van der Waals surface area (Å²) in [6, 6.07) is 9.18. The summed E-state index contributed by atoms with van der Waals surface area (Å²) in [5.41, 5.74) is 0.572. The molecule has 2 aromatic rings. The number of carboxylic acid groups (broad SMARTS) is 1. The van der Waals surface area contributed by atoms with E-state index < -0.39 is 20.6 Å². The molecule has 8 nitrogen and oxygen atoms in total. The fraction of sp³-hybridized carbons (Fsp3) is 0.368. The Labute approximate surface area is 164 Å². The van der Waals surface area contributed by atoms with Gasteiger partial charge in [-0.05, 0) is 42.3 Å². The highest BCUT2D eigenvalue weighted by Gasteiger charge is 2.51. The molecule has 1 aromatic carbocycles. The van der Waals surface area contributed by atoms with Gasteiger partial charge in [-0.3, -0.25) is 9.78 Å². The lowest BCUT2D eigenvalue weighted by Gasteiger charge is -2.29. The second-order valence-corrected chi connectivity index (χ2v) is 8.38. The van der Waals surface area contributed by atoms with Crippen LogP contribution in [0.15, 0.2) is 53.7 Å². The van der Waals surface area contributed by atoms with Crippen molar-refractivity contribution in [2.45, 2.75) is 42.2 Å². The first-order valence-electron chi connectivity index (χ1n) is 8.64. The van der Waals surface area contributed by atoms with Gasteiger partial charge >= 0.3 is 5.97 Å². The molecule has 0 aliphatic rings. The van der Waals surface area contributed by atoms with Crippen LogP contribution in [0.2, 0.25) is 0 Å². The minimum atomic E-state index is -4.14. The number of sulfone groups is 1. The first-order valence-corrected chi connectivity index (χ1v) is 10.1. The molecule has 1 aromatic heterocycles. The first-order chi connectivity index (χ1) is 13.4. The number of benzene rings is 1. The van der Waals surface area contributed by atoms with E-state index in [4.69, 9.17) is 9.94 Å². The summed E-state index contributed by atoms with van der Waals surface area (Å²) >= 11 is 0. The van der Waals surface area contributed by atoms with Crippen LogP contribution in [0, 0.1) is 0 Å². The normalized spacial score (nSPS) is 13.0. The van der Waals surface area contributed by atoms with Crippen LogP contribution in [0.4, 0.5) is 0 Å². The molecule has 0 bridgehead atoms. The number of carboxylic acids is 1. The fourth-order valence-electron chi connectivity index (χ4n) is 2.89. The molecule has 154 valence electrons. The molecule has 9 heteroatoms. The van der Waals surface area contributed by atoms with E-state index in [9.17, 15) is 18.3 Å². The molecule has 0 spiro atoms. The first kappa shape index (κ1) is 23.5. The summed E-state index contributed by atoms with van der Waals surface area (Å²) in [5, 5.41) is 16.5. The second-order valence-electron chi connectivity index (χ2n) is 6.12. The Morgan fingerprint density at radius 1 is 1.21 bits per heavy atom. The van der Waals surface area contributed by atoms with Crippen LogP contribution >= 0.6 is 0 Å². The topological polar surface area (TPSA) is 140 Å². The van der Waals surface area contributed by atoms with Crippen LogP contribution in [0.25, 0.3) is 0 Å². The van der Waals surface area contributed by atoms with Crippen molar-refractivity contribution in [3.8, 4) is 5.75 Å². The van der Waals surface area contributed by atoms with Crippen molar-refractivity contribution in [2.24, 2.45) is 5.90 Å². The lowest BCUT2D eigenvalue weighted by Crippen LogP contribution is -2.48.